The highest BCUT2D eigenvalue weighted by Crippen LogP contribution is 2.37. The Bertz CT molecular complexity index is 440. The van der Waals surface area contributed by atoms with Crippen LogP contribution in [0.2, 0.25) is 0 Å². The van der Waals surface area contributed by atoms with Gasteiger partial charge in [-0.25, -0.2) is 4.39 Å². The van der Waals surface area contributed by atoms with E-state index in [1.807, 2.05) is 17.0 Å². The average molecular weight is 268 g/mol. The second kappa shape index (κ2) is 6.10. The van der Waals surface area contributed by atoms with Gasteiger partial charge in [0, 0.05) is 19.2 Å². The van der Waals surface area contributed by atoms with Gasteiger partial charge in [-0.3, -0.25) is 0 Å². The fraction of sp³-hybridized carbons (Fsp3) is 0.571. The Morgan fingerprint density at radius 3 is 2.58 bits per heavy atom. The Balaban J connectivity index is 2.36. The van der Waals surface area contributed by atoms with Crippen molar-refractivity contribution in [1.82, 2.24) is 0 Å². The largest absolute Gasteiger partial charge is 0.496 e. The van der Waals surface area contributed by atoms with Crippen LogP contribution in [-0.4, -0.2) is 40.0 Å². The second-order valence-electron chi connectivity index (χ2n) is 4.71. The zero-order valence-electron chi connectivity index (χ0n) is 11.5. The maximum atomic E-state index is 13.3. The van der Waals surface area contributed by atoms with Crippen LogP contribution in [0.25, 0.3) is 0 Å². The van der Waals surface area contributed by atoms with Crippen molar-refractivity contribution in [3.63, 3.8) is 0 Å². The molecule has 106 valence electrons. The second-order valence-corrected chi connectivity index (χ2v) is 4.71. The minimum Gasteiger partial charge on any atom is -0.496 e. The van der Waals surface area contributed by atoms with Crippen LogP contribution < -0.4 is 20.1 Å². The van der Waals surface area contributed by atoms with E-state index in [0.717, 1.165) is 29.2 Å². The van der Waals surface area contributed by atoms with E-state index in [9.17, 15) is 4.39 Å². The molecular weight excluding hydrogens is 247 g/mol. The van der Waals surface area contributed by atoms with Crippen LogP contribution in [0.1, 0.15) is 12.0 Å². The van der Waals surface area contributed by atoms with Crippen molar-refractivity contribution in [1.29, 1.82) is 0 Å². The summed E-state index contributed by atoms with van der Waals surface area (Å²) in [5, 5.41) is 0. The van der Waals surface area contributed by atoms with Crippen molar-refractivity contribution in [3.8, 4) is 11.5 Å². The molecule has 2 rings (SSSR count). The molecule has 4 nitrogen and oxygen atoms in total. The summed E-state index contributed by atoms with van der Waals surface area (Å²) in [5.41, 5.74) is 7.50. The third kappa shape index (κ3) is 2.92. The van der Waals surface area contributed by atoms with Crippen LogP contribution in [0.15, 0.2) is 12.1 Å². The Labute approximate surface area is 113 Å². The van der Waals surface area contributed by atoms with Gasteiger partial charge >= 0.3 is 0 Å². The number of alkyl halides is 1. The standard InChI is InChI=1S/C14H21FN2O2/c1-18-13-8-12(17-6-4-11(15)9-17)14(19-2)7-10(13)3-5-16/h7-8,11H,3-6,9,16H2,1-2H3. The third-order valence-electron chi connectivity index (χ3n) is 3.47. The fourth-order valence-electron chi connectivity index (χ4n) is 2.48. The lowest BCUT2D eigenvalue weighted by atomic mass is 10.1. The van der Waals surface area contributed by atoms with Gasteiger partial charge < -0.3 is 20.1 Å². The summed E-state index contributed by atoms with van der Waals surface area (Å²) in [5.74, 6) is 1.53. The molecule has 1 saturated heterocycles. The third-order valence-corrected chi connectivity index (χ3v) is 3.47. The zero-order valence-corrected chi connectivity index (χ0v) is 11.5. The predicted molar refractivity (Wildman–Crippen MR) is 74.0 cm³/mol. The Kier molecular flexibility index (Phi) is 4.47. The van der Waals surface area contributed by atoms with Gasteiger partial charge in [0.25, 0.3) is 0 Å². The zero-order chi connectivity index (χ0) is 13.8. The molecule has 0 amide bonds. The maximum absolute atomic E-state index is 13.3. The summed E-state index contributed by atoms with van der Waals surface area (Å²) in [6, 6.07) is 3.86. The number of hydrogen-bond donors (Lipinski definition) is 1. The normalized spacial score (nSPS) is 18.7. The van der Waals surface area contributed by atoms with E-state index < -0.39 is 6.17 Å². The van der Waals surface area contributed by atoms with Crippen LogP contribution >= 0.6 is 0 Å². The molecule has 1 aliphatic rings. The van der Waals surface area contributed by atoms with Crippen molar-refractivity contribution < 1.29 is 13.9 Å². The first-order valence-corrected chi connectivity index (χ1v) is 6.53. The number of anilines is 1. The van der Waals surface area contributed by atoms with Crippen LogP contribution in [0, 0.1) is 0 Å². The monoisotopic (exact) mass is 268 g/mol. The predicted octanol–water partition coefficient (Wildman–Crippen LogP) is 1.75. The summed E-state index contributed by atoms with van der Waals surface area (Å²) in [6.45, 7) is 1.67. The molecule has 2 N–H and O–H groups in total. The highest BCUT2D eigenvalue weighted by molar-refractivity contribution is 5.64. The van der Waals surface area contributed by atoms with E-state index >= 15 is 0 Å². The molecule has 0 spiro atoms. The molecule has 1 unspecified atom stereocenters. The van der Waals surface area contributed by atoms with E-state index in [2.05, 4.69) is 0 Å². The molecule has 0 aromatic heterocycles. The van der Waals surface area contributed by atoms with E-state index in [0.29, 0.717) is 26.1 Å². The molecule has 1 aromatic rings. The minimum atomic E-state index is -0.764. The van der Waals surface area contributed by atoms with E-state index in [-0.39, 0.29) is 0 Å². The molecular formula is C14H21FN2O2. The molecule has 1 aliphatic heterocycles. The van der Waals surface area contributed by atoms with Crippen molar-refractivity contribution in [2.24, 2.45) is 5.73 Å². The van der Waals surface area contributed by atoms with E-state index in [4.69, 9.17) is 15.2 Å². The molecule has 1 fully saturated rings. The Morgan fingerprint density at radius 1 is 1.32 bits per heavy atom. The quantitative estimate of drug-likeness (QED) is 0.884. The molecule has 1 heterocycles. The smallest absolute Gasteiger partial charge is 0.142 e. The molecule has 0 radical (unpaired) electrons. The number of nitrogens with zero attached hydrogens (tertiary/aromatic N) is 1. The number of hydrogen-bond acceptors (Lipinski definition) is 4. The Morgan fingerprint density at radius 2 is 2.05 bits per heavy atom. The van der Waals surface area contributed by atoms with Crippen molar-refractivity contribution >= 4 is 5.69 Å². The lowest BCUT2D eigenvalue weighted by molar-refractivity contribution is 0.363. The van der Waals surface area contributed by atoms with Gasteiger partial charge in [0.1, 0.15) is 17.7 Å². The van der Waals surface area contributed by atoms with Crippen LogP contribution in [0.4, 0.5) is 10.1 Å². The summed E-state index contributed by atoms with van der Waals surface area (Å²) >= 11 is 0. The lowest BCUT2D eigenvalue weighted by Crippen LogP contribution is -2.21. The number of ether oxygens (including phenoxy) is 2. The van der Waals surface area contributed by atoms with Crippen LogP contribution in [-0.2, 0) is 6.42 Å². The molecule has 19 heavy (non-hydrogen) atoms. The van der Waals surface area contributed by atoms with Crippen molar-refractivity contribution in [2.75, 3.05) is 38.8 Å². The molecule has 0 aliphatic carbocycles. The van der Waals surface area contributed by atoms with Gasteiger partial charge in [-0.15, -0.1) is 0 Å². The van der Waals surface area contributed by atoms with Gasteiger partial charge in [0.05, 0.1) is 19.9 Å². The number of benzene rings is 1. The van der Waals surface area contributed by atoms with Gasteiger partial charge in [0.2, 0.25) is 0 Å². The summed E-state index contributed by atoms with van der Waals surface area (Å²) in [6.07, 6.45) is 0.529. The number of halogens is 1. The molecule has 0 saturated carbocycles. The van der Waals surface area contributed by atoms with E-state index in [1.165, 1.54) is 0 Å². The molecule has 1 aromatic carbocycles. The Hall–Kier alpha value is -1.49. The minimum absolute atomic E-state index is 0.412. The highest BCUT2D eigenvalue weighted by atomic mass is 19.1. The summed E-state index contributed by atoms with van der Waals surface area (Å²) in [4.78, 5) is 2.00. The molecule has 0 bridgehead atoms. The van der Waals surface area contributed by atoms with Crippen LogP contribution in [0.3, 0.4) is 0 Å². The van der Waals surface area contributed by atoms with Crippen molar-refractivity contribution in [3.05, 3.63) is 17.7 Å². The number of nitrogens with two attached hydrogens (primary N) is 1. The van der Waals surface area contributed by atoms with Crippen LogP contribution in [0.5, 0.6) is 11.5 Å². The molecule has 1 atom stereocenters. The summed E-state index contributed by atoms with van der Waals surface area (Å²) in [7, 11) is 3.26. The summed E-state index contributed by atoms with van der Waals surface area (Å²) < 4.78 is 24.2. The first kappa shape index (κ1) is 13.9. The number of rotatable bonds is 5. The van der Waals surface area contributed by atoms with E-state index in [1.54, 1.807) is 14.2 Å². The molecule has 5 heteroatoms. The van der Waals surface area contributed by atoms with Crippen molar-refractivity contribution in [2.45, 2.75) is 19.0 Å². The fourth-order valence-corrected chi connectivity index (χ4v) is 2.48. The maximum Gasteiger partial charge on any atom is 0.142 e. The SMILES string of the molecule is COc1cc(N2CCC(F)C2)c(OC)cc1CCN. The first-order chi connectivity index (χ1) is 9.19. The van der Waals surface area contributed by atoms with Gasteiger partial charge in [-0.2, -0.15) is 0 Å². The lowest BCUT2D eigenvalue weighted by Gasteiger charge is -2.22. The van der Waals surface area contributed by atoms with Gasteiger partial charge in [-0.1, -0.05) is 0 Å². The van der Waals surface area contributed by atoms with Gasteiger partial charge in [-0.05, 0) is 31.0 Å². The van der Waals surface area contributed by atoms with Gasteiger partial charge in [0.15, 0.2) is 0 Å². The number of methoxy groups -OCH3 is 2. The highest BCUT2D eigenvalue weighted by Gasteiger charge is 2.25. The topological polar surface area (TPSA) is 47.7 Å². The average Bonchev–Trinajstić information content (AvgIpc) is 2.85. The first-order valence-electron chi connectivity index (χ1n) is 6.53.